The number of nitrogens with zero attached hydrogens (tertiary/aromatic N) is 3. The molecule has 4 nitrogen and oxygen atoms in total. The average molecular weight is 287 g/mol. The van der Waals surface area contributed by atoms with Crippen molar-refractivity contribution in [2.24, 2.45) is 0 Å². The van der Waals surface area contributed by atoms with E-state index >= 15 is 0 Å². The van der Waals surface area contributed by atoms with E-state index in [0.717, 1.165) is 20.9 Å². The van der Waals surface area contributed by atoms with E-state index in [1.165, 1.54) is 0 Å². The fourth-order valence-corrected chi connectivity index (χ4v) is 3.29. The molecule has 0 aliphatic carbocycles. The minimum absolute atomic E-state index is 0.289. The van der Waals surface area contributed by atoms with Crippen molar-refractivity contribution in [3.63, 3.8) is 0 Å². The lowest BCUT2D eigenvalue weighted by Crippen LogP contribution is -2.10. The molecule has 0 radical (unpaired) electrons. The minimum atomic E-state index is -0.569. The number of benzene rings is 1. The van der Waals surface area contributed by atoms with Crippen molar-refractivity contribution >= 4 is 21.6 Å². The van der Waals surface area contributed by atoms with Crippen molar-refractivity contribution in [1.29, 1.82) is 0 Å². The van der Waals surface area contributed by atoms with Crippen LogP contribution in [0.4, 0.5) is 0 Å². The number of fused-ring (bicyclic) bond motifs is 1. The van der Waals surface area contributed by atoms with Gasteiger partial charge in [0.1, 0.15) is 6.10 Å². The van der Waals surface area contributed by atoms with Gasteiger partial charge in [-0.3, -0.25) is 0 Å². The first-order valence-corrected chi connectivity index (χ1v) is 7.51. The maximum absolute atomic E-state index is 10.4. The molecule has 1 atom stereocenters. The van der Waals surface area contributed by atoms with Crippen molar-refractivity contribution in [3.05, 3.63) is 47.5 Å². The van der Waals surface area contributed by atoms with E-state index in [9.17, 15) is 5.11 Å². The summed E-state index contributed by atoms with van der Waals surface area (Å²) in [5.41, 5.74) is 1.84. The second-order valence-electron chi connectivity index (χ2n) is 5.11. The maximum Gasteiger partial charge on any atom is 0.102 e. The van der Waals surface area contributed by atoms with Gasteiger partial charge in [0.05, 0.1) is 33.4 Å². The highest BCUT2D eigenvalue weighted by molar-refractivity contribution is 7.18. The zero-order chi connectivity index (χ0) is 14.1. The monoisotopic (exact) mass is 287 g/mol. The molecule has 0 aliphatic heterocycles. The van der Waals surface area contributed by atoms with Crippen LogP contribution in [-0.4, -0.2) is 19.6 Å². The molecule has 5 heteroatoms. The lowest BCUT2D eigenvalue weighted by molar-refractivity contribution is 0.167. The second-order valence-corrected chi connectivity index (χ2v) is 6.23. The van der Waals surface area contributed by atoms with Crippen molar-refractivity contribution in [2.75, 3.05) is 0 Å². The number of rotatable bonds is 4. The molecule has 2 aromatic heterocycles. The predicted octanol–water partition coefficient (Wildman–Crippen LogP) is 3.35. The van der Waals surface area contributed by atoms with Gasteiger partial charge in [0, 0.05) is 12.5 Å². The van der Waals surface area contributed by atoms with Crippen LogP contribution in [0.25, 0.3) is 10.2 Å². The number of thiazole rings is 1. The third-order valence-electron chi connectivity index (χ3n) is 3.30. The largest absolute Gasteiger partial charge is 0.386 e. The van der Waals surface area contributed by atoms with Crippen LogP contribution in [-0.2, 0) is 6.42 Å². The van der Waals surface area contributed by atoms with E-state index in [1.54, 1.807) is 23.9 Å². The van der Waals surface area contributed by atoms with E-state index in [-0.39, 0.29) is 6.04 Å². The maximum atomic E-state index is 10.4. The summed E-state index contributed by atoms with van der Waals surface area (Å²) < 4.78 is 3.16. The smallest absolute Gasteiger partial charge is 0.102 e. The Morgan fingerprint density at radius 2 is 2.10 bits per heavy atom. The van der Waals surface area contributed by atoms with E-state index in [4.69, 9.17) is 0 Å². The third kappa shape index (κ3) is 2.46. The molecule has 2 heterocycles. The Bertz CT molecular complexity index is 684. The summed E-state index contributed by atoms with van der Waals surface area (Å²) in [4.78, 5) is 8.70. The van der Waals surface area contributed by atoms with Gasteiger partial charge >= 0.3 is 0 Å². The fraction of sp³-hybridized carbons (Fsp3) is 0.333. The quantitative estimate of drug-likeness (QED) is 0.800. The molecule has 0 spiro atoms. The highest BCUT2D eigenvalue weighted by atomic mass is 32.1. The van der Waals surface area contributed by atoms with Crippen LogP contribution in [0, 0.1) is 0 Å². The Morgan fingerprint density at radius 1 is 1.30 bits per heavy atom. The van der Waals surface area contributed by atoms with Gasteiger partial charge in [-0.05, 0) is 26.0 Å². The molecule has 1 N–H and O–H groups in total. The number of hydrogen-bond acceptors (Lipinski definition) is 4. The van der Waals surface area contributed by atoms with Crippen LogP contribution in [0.3, 0.4) is 0 Å². The Balaban J connectivity index is 1.84. The minimum Gasteiger partial charge on any atom is -0.386 e. The van der Waals surface area contributed by atoms with E-state index in [2.05, 4.69) is 29.9 Å². The van der Waals surface area contributed by atoms with Crippen LogP contribution in [0.5, 0.6) is 0 Å². The highest BCUT2D eigenvalue weighted by Gasteiger charge is 2.17. The summed E-state index contributed by atoms with van der Waals surface area (Å²) in [6.45, 7) is 4.16. The van der Waals surface area contributed by atoms with E-state index in [1.807, 2.05) is 22.8 Å². The lowest BCUT2D eigenvalue weighted by Gasteiger charge is -2.15. The van der Waals surface area contributed by atoms with E-state index < -0.39 is 6.10 Å². The van der Waals surface area contributed by atoms with Crippen LogP contribution in [0.15, 0.2) is 36.8 Å². The number of aromatic nitrogens is 3. The zero-order valence-corrected chi connectivity index (χ0v) is 12.3. The van der Waals surface area contributed by atoms with Crippen LogP contribution in [0.1, 0.15) is 36.7 Å². The van der Waals surface area contributed by atoms with Gasteiger partial charge in [0.15, 0.2) is 0 Å². The predicted molar refractivity (Wildman–Crippen MR) is 80.9 cm³/mol. The Kier molecular flexibility index (Phi) is 3.54. The van der Waals surface area contributed by atoms with Gasteiger partial charge in [-0.1, -0.05) is 12.1 Å². The number of imidazole rings is 1. The first kappa shape index (κ1) is 13.3. The molecule has 0 bridgehead atoms. The summed E-state index contributed by atoms with van der Waals surface area (Å²) >= 11 is 1.64. The molecule has 0 saturated heterocycles. The molecule has 3 rings (SSSR count). The lowest BCUT2D eigenvalue weighted by atomic mass is 10.2. The van der Waals surface area contributed by atoms with Gasteiger partial charge in [0.2, 0.25) is 0 Å². The fourth-order valence-electron chi connectivity index (χ4n) is 2.28. The summed E-state index contributed by atoms with van der Waals surface area (Å²) in [5.74, 6) is 0. The topological polar surface area (TPSA) is 50.9 Å². The van der Waals surface area contributed by atoms with Gasteiger partial charge in [-0.25, -0.2) is 9.97 Å². The molecule has 20 heavy (non-hydrogen) atoms. The third-order valence-corrected chi connectivity index (χ3v) is 4.36. The molecule has 3 aromatic rings. The Hall–Kier alpha value is -1.72. The summed E-state index contributed by atoms with van der Waals surface area (Å²) in [6.07, 6.45) is 3.46. The van der Waals surface area contributed by atoms with Gasteiger partial charge in [-0.2, -0.15) is 0 Å². The molecule has 104 valence electrons. The molecule has 0 aliphatic rings. The number of hydrogen-bond donors (Lipinski definition) is 1. The van der Waals surface area contributed by atoms with Gasteiger partial charge in [-0.15, -0.1) is 11.3 Å². The molecule has 0 saturated carbocycles. The SMILES string of the molecule is CC(C)n1cncc1C(O)Cc1nc2ccccc2s1. The average Bonchev–Trinajstić information content (AvgIpc) is 3.04. The first-order chi connectivity index (χ1) is 9.65. The van der Waals surface area contributed by atoms with Crippen molar-refractivity contribution < 1.29 is 5.11 Å². The highest BCUT2D eigenvalue weighted by Crippen LogP contribution is 2.26. The van der Waals surface area contributed by atoms with Crippen molar-refractivity contribution in [2.45, 2.75) is 32.4 Å². The van der Waals surface area contributed by atoms with Crippen LogP contribution >= 0.6 is 11.3 Å². The van der Waals surface area contributed by atoms with Gasteiger partial charge in [0.25, 0.3) is 0 Å². The van der Waals surface area contributed by atoms with Crippen LogP contribution < -0.4 is 0 Å². The molecule has 1 unspecified atom stereocenters. The molecular weight excluding hydrogens is 270 g/mol. The molecule has 0 amide bonds. The number of aliphatic hydroxyl groups is 1. The second kappa shape index (κ2) is 5.34. The van der Waals surface area contributed by atoms with Crippen LogP contribution in [0.2, 0.25) is 0 Å². The van der Waals surface area contributed by atoms with Crippen molar-refractivity contribution in [3.8, 4) is 0 Å². The number of para-hydroxylation sites is 1. The number of aliphatic hydroxyl groups excluding tert-OH is 1. The summed E-state index contributed by atoms with van der Waals surface area (Å²) in [5, 5.41) is 11.4. The molecular formula is C15H17N3OS. The van der Waals surface area contributed by atoms with Crippen molar-refractivity contribution in [1.82, 2.24) is 14.5 Å². The standard InChI is InChI=1S/C15H17N3OS/c1-10(2)18-9-16-8-12(18)13(19)7-15-17-11-5-3-4-6-14(11)20-15/h3-6,8-10,13,19H,7H2,1-2H3. The molecule has 1 aromatic carbocycles. The Labute approximate surface area is 121 Å². The molecule has 0 fully saturated rings. The summed E-state index contributed by atoms with van der Waals surface area (Å²) in [6, 6.07) is 8.34. The zero-order valence-electron chi connectivity index (χ0n) is 11.5. The van der Waals surface area contributed by atoms with Gasteiger partial charge < -0.3 is 9.67 Å². The summed E-state index contributed by atoms with van der Waals surface area (Å²) in [7, 11) is 0. The normalized spacial score (nSPS) is 13.2. The Morgan fingerprint density at radius 3 is 2.85 bits per heavy atom. The first-order valence-electron chi connectivity index (χ1n) is 6.69. The van der Waals surface area contributed by atoms with E-state index in [0.29, 0.717) is 6.42 Å².